The van der Waals surface area contributed by atoms with E-state index in [2.05, 4.69) is 5.32 Å². The first-order valence-electron chi connectivity index (χ1n) is 5.11. The second-order valence-electron chi connectivity index (χ2n) is 3.84. The molecule has 0 radical (unpaired) electrons. The van der Waals surface area contributed by atoms with Crippen molar-refractivity contribution in [3.05, 3.63) is 29.8 Å². The van der Waals surface area contributed by atoms with Crippen molar-refractivity contribution >= 4 is 18.1 Å². The summed E-state index contributed by atoms with van der Waals surface area (Å²) < 4.78 is 26.5. The summed E-state index contributed by atoms with van der Waals surface area (Å²) in [5.41, 5.74) is 0.365. The zero-order valence-corrected chi connectivity index (χ0v) is 9.86. The highest BCUT2D eigenvalue weighted by atomic mass is 35.5. The van der Waals surface area contributed by atoms with Gasteiger partial charge in [0.1, 0.15) is 11.6 Å². The average Bonchev–Trinajstić information content (AvgIpc) is 2.23. The molecule has 1 aliphatic heterocycles. The zero-order valence-electron chi connectivity index (χ0n) is 9.04. The second kappa shape index (κ2) is 5.46. The number of rotatable bonds is 1. The summed E-state index contributed by atoms with van der Waals surface area (Å²) in [5, 5.41) is 3.21. The second-order valence-corrected chi connectivity index (χ2v) is 3.84. The number of benzene rings is 1. The third-order valence-corrected chi connectivity index (χ3v) is 2.72. The monoisotopic (exact) mass is 248 g/mol. The Hall–Kier alpha value is -0.870. The molecule has 0 spiro atoms. The standard InChI is InChI=1S/C11H14F2N2.ClH/c1-8-7-14-4-5-15(8)11-6-9(12)2-3-10(11)13;/h2-3,6,8,14H,4-5,7H2,1H3;1H. The lowest BCUT2D eigenvalue weighted by Crippen LogP contribution is -2.50. The van der Waals surface area contributed by atoms with Crippen LogP contribution in [-0.4, -0.2) is 25.7 Å². The molecule has 2 nitrogen and oxygen atoms in total. The molecule has 1 fully saturated rings. The highest BCUT2D eigenvalue weighted by molar-refractivity contribution is 5.85. The van der Waals surface area contributed by atoms with E-state index in [1.54, 1.807) is 0 Å². The Morgan fingerprint density at radius 3 is 2.81 bits per heavy atom. The number of nitrogens with zero attached hydrogens (tertiary/aromatic N) is 1. The fourth-order valence-electron chi connectivity index (χ4n) is 1.90. The summed E-state index contributed by atoms with van der Waals surface area (Å²) in [6.45, 7) is 4.31. The maximum atomic E-state index is 13.5. The van der Waals surface area contributed by atoms with Crippen LogP contribution in [0.25, 0.3) is 0 Å². The van der Waals surface area contributed by atoms with Gasteiger partial charge >= 0.3 is 0 Å². The number of halogens is 3. The van der Waals surface area contributed by atoms with Crippen LogP contribution >= 0.6 is 12.4 Å². The topological polar surface area (TPSA) is 15.3 Å². The first kappa shape index (κ1) is 13.2. The molecule has 5 heteroatoms. The molecule has 1 aliphatic rings. The van der Waals surface area contributed by atoms with Crippen molar-refractivity contribution in [2.45, 2.75) is 13.0 Å². The number of nitrogens with one attached hydrogen (secondary N) is 1. The number of hydrogen-bond donors (Lipinski definition) is 1. The highest BCUT2D eigenvalue weighted by Crippen LogP contribution is 2.23. The van der Waals surface area contributed by atoms with Crippen LogP contribution in [0.15, 0.2) is 18.2 Å². The van der Waals surface area contributed by atoms with Crippen LogP contribution in [0.2, 0.25) is 0 Å². The van der Waals surface area contributed by atoms with Gasteiger partial charge in [-0.1, -0.05) is 0 Å². The summed E-state index contributed by atoms with van der Waals surface area (Å²) in [7, 11) is 0. The third kappa shape index (κ3) is 2.62. The predicted octanol–water partition coefficient (Wildman–Crippen LogP) is 2.18. The van der Waals surface area contributed by atoms with Gasteiger partial charge in [-0.2, -0.15) is 0 Å². The normalized spacial score (nSPS) is 20.4. The Kier molecular flexibility index (Phi) is 4.50. The first-order valence-corrected chi connectivity index (χ1v) is 5.11. The van der Waals surface area contributed by atoms with Crippen LogP contribution in [0.4, 0.5) is 14.5 Å². The molecule has 0 bridgehead atoms. The fourth-order valence-corrected chi connectivity index (χ4v) is 1.90. The van der Waals surface area contributed by atoms with Gasteiger partial charge in [-0.25, -0.2) is 8.78 Å². The molecular formula is C11H15ClF2N2. The molecule has 1 aromatic carbocycles. The number of hydrogen-bond acceptors (Lipinski definition) is 2. The van der Waals surface area contributed by atoms with Crippen molar-refractivity contribution in [2.24, 2.45) is 0 Å². The van der Waals surface area contributed by atoms with Gasteiger partial charge in [0.25, 0.3) is 0 Å². The van der Waals surface area contributed by atoms with E-state index in [9.17, 15) is 8.78 Å². The van der Waals surface area contributed by atoms with Gasteiger partial charge in [-0.15, -0.1) is 12.4 Å². The Morgan fingerprint density at radius 1 is 1.38 bits per heavy atom. The van der Waals surface area contributed by atoms with Crippen LogP contribution in [0.1, 0.15) is 6.92 Å². The molecule has 2 rings (SSSR count). The van der Waals surface area contributed by atoms with Crippen molar-refractivity contribution in [1.29, 1.82) is 0 Å². The van der Waals surface area contributed by atoms with Crippen LogP contribution in [0.5, 0.6) is 0 Å². The summed E-state index contributed by atoms with van der Waals surface area (Å²) in [6, 6.07) is 3.78. The first-order chi connectivity index (χ1) is 7.18. The van der Waals surface area contributed by atoms with Crippen molar-refractivity contribution in [3.63, 3.8) is 0 Å². The Balaban J connectivity index is 0.00000128. The average molecular weight is 249 g/mol. The lowest BCUT2D eigenvalue weighted by atomic mass is 10.1. The lowest BCUT2D eigenvalue weighted by molar-refractivity contribution is 0.488. The van der Waals surface area contributed by atoms with Crippen molar-refractivity contribution in [2.75, 3.05) is 24.5 Å². The highest BCUT2D eigenvalue weighted by Gasteiger charge is 2.21. The molecule has 0 aliphatic carbocycles. The van der Waals surface area contributed by atoms with Crippen LogP contribution in [-0.2, 0) is 0 Å². The van der Waals surface area contributed by atoms with Crippen LogP contribution in [0, 0.1) is 11.6 Å². The van der Waals surface area contributed by atoms with E-state index in [0.29, 0.717) is 12.2 Å². The molecule has 16 heavy (non-hydrogen) atoms. The minimum Gasteiger partial charge on any atom is -0.364 e. The van der Waals surface area contributed by atoms with Crippen LogP contribution < -0.4 is 10.2 Å². The van der Waals surface area contributed by atoms with E-state index in [-0.39, 0.29) is 24.3 Å². The maximum absolute atomic E-state index is 13.5. The summed E-state index contributed by atoms with van der Waals surface area (Å²) >= 11 is 0. The van der Waals surface area contributed by atoms with Gasteiger partial charge in [-0.05, 0) is 19.1 Å². The molecule has 1 N–H and O–H groups in total. The molecule has 1 unspecified atom stereocenters. The van der Waals surface area contributed by atoms with E-state index in [1.165, 1.54) is 12.1 Å². The summed E-state index contributed by atoms with van der Waals surface area (Å²) in [4.78, 5) is 1.90. The lowest BCUT2D eigenvalue weighted by Gasteiger charge is -2.36. The SMILES string of the molecule is CC1CNCCN1c1cc(F)ccc1F.Cl. The molecule has 1 atom stereocenters. The molecule has 1 aromatic rings. The van der Waals surface area contributed by atoms with Crippen LogP contribution in [0.3, 0.4) is 0 Å². The Morgan fingerprint density at radius 2 is 2.12 bits per heavy atom. The van der Waals surface area contributed by atoms with Crippen molar-refractivity contribution in [1.82, 2.24) is 5.32 Å². The number of anilines is 1. The maximum Gasteiger partial charge on any atom is 0.146 e. The van der Waals surface area contributed by atoms with Crippen molar-refractivity contribution in [3.8, 4) is 0 Å². The number of piperazine rings is 1. The largest absolute Gasteiger partial charge is 0.364 e. The predicted molar refractivity (Wildman–Crippen MR) is 63.3 cm³/mol. The molecule has 1 heterocycles. The Labute approximate surface area is 100 Å². The Bertz CT molecular complexity index is 360. The smallest absolute Gasteiger partial charge is 0.146 e. The molecule has 1 saturated heterocycles. The van der Waals surface area contributed by atoms with Gasteiger partial charge in [0.05, 0.1) is 5.69 Å². The van der Waals surface area contributed by atoms with E-state index < -0.39 is 5.82 Å². The van der Waals surface area contributed by atoms with E-state index >= 15 is 0 Å². The molecule has 0 amide bonds. The summed E-state index contributed by atoms with van der Waals surface area (Å²) in [5.74, 6) is -0.748. The third-order valence-electron chi connectivity index (χ3n) is 2.72. The van der Waals surface area contributed by atoms with E-state index in [0.717, 1.165) is 19.2 Å². The van der Waals surface area contributed by atoms with Crippen molar-refractivity contribution < 1.29 is 8.78 Å². The van der Waals surface area contributed by atoms with Gasteiger partial charge in [-0.3, -0.25) is 0 Å². The molecule has 0 aromatic heterocycles. The minimum atomic E-state index is -0.392. The minimum absolute atomic E-state index is 0. The molecule has 90 valence electrons. The van der Waals surface area contributed by atoms with E-state index in [4.69, 9.17) is 0 Å². The van der Waals surface area contributed by atoms with Gasteiger partial charge in [0.15, 0.2) is 0 Å². The summed E-state index contributed by atoms with van der Waals surface area (Å²) in [6.07, 6.45) is 0. The zero-order chi connectivity index (χ0) is 10.8. The van der Waals surface area contributed by atoms with Gasteiger partial charge < -0.3 is 10.2 Å². The molecule has 0 saturated carbocycles. The fraction of sp³-hybridized carbons (Fsp3) is 0.455. The molecular weight excluding hydrogens is 234 g/mol. The van der Waals surface area contributed by atoms with Gasteiger partial charge in [0.2, 0.25) is 0 Å². The van der Waals surface area contributed by atoms with Gasteiger partial charge in [0, 0.05) is 31.7 Å². The van der Waals surface area contributed by atoms with E-state index in [1.807, 2.05) is 11.8 Å². The quantitative estimate of drug-likeness (QED) is 0.820.